The molecule has 0 radical (unpaired) electrons. The van der Waals surface area contributed by atoms with Gasteiger partial charge < -0.3 is 4.74 Å². The standard InChI is InChI=1S/C19H26O2/c1-19-9-12-4-13(10-19)7-15(6-12)17(19)21-18(20)16-8-11-2-3-14(16)5-11/h2-3,11-17H,4-10H2,1H3. The highest BCUT2D eigenvalue weighted by molar-refractivity contribution is 5.74. The van der Waals surface area contributed by atoms with Crippen molar-refractivity contribution in [1.82, 2.24) is 0 Å². The monoisotopic (exact) mass is 286 g/mol. The molecule has 0 spiro atoms. The summed E-state index contributed by atoms with van der Waals surface area (Å²) in [5, 5.41) is 0. The zero-order valence-electron chi connectivity index (χ0n) is 13.0. The van der Waals surface area contributed by atoms with E-state index in [-0.39, 0.29) is 23.4 Å². The molecule has 2 nitrogen and oxygen atoms in total. The van der Waals surface area contributed by atoms with Gasteiger partial charge in [0.05, 0.1) is 5.92 Å². The minimum atomic E-state index is 0.130. The lowest BCUT2D eigenvalue weighted by Crippen LogP contribution is -2.56. The molecule has 5 fully saturated rings. The second-order valence-electron chi connectivity index (χ2n) is 9.01. The van der Waals surface area contributed by atoms with Gasteiger partial charge in [-0.15, -0.1) is 0 Å². The second-order valence-corrected chi connectivity index (χ2v) is 9.01. The van der Waals surface area contributed by atoms with E-state index in [9.17, 15) is 4.79 Å². The van der Waals surface area contributed by atoms with Crippen molar-refractivity contribution in [3.05, 3.63) is 12.2 Å². The summed E-state index contributed by atoms with van der Waals surface area (Å²) < 4.78 is 6.19. The fraction of sp³-hybridized carbons (Fsp3) is 0.842. The molecule has 0 amide bonds. The van der Waals surface area contributed by atoms with Gasteiger partial charge in [0.2, 0.25) is 0 Å². The highest BCUT2D eigenvalue weighted by atomic mass is 16.5. The molecule has 2 heteroatoms. The number of fused-ring (bicyclic) bond motifs is 2. The fourth-order valence-electron chi connectivity index (χ4n) is 6.90. The van der Waals surface area contributed by atoms with E-state index in [2.05, 4.69) is 19.1 Å². The van der Waals surface area contributed by atoms with Gasteiger partial charge >= 0.3 is 5.97 Å². The van der Waals surface area contributed by atoms with E-state index in [4.69, 9.17) is 4.74 Å². The van der Waals surface area contributed by atoms with E-state index < -0.39 is 0 Å². The molecular formula is C19H26O2. The molecule has 114 valence electrons. The van der Waals surface area contributed by atoms with Crippen molar-refractivity contribution in [2.45, 2.75) is 58.0 Å². The lowest BCUT2D eigenvalue weighted by atomic mass is 9.49. The molecule has 21 heavy (non-hydrogen) atoms. The lowest BCUT2D eigenvalue weighted by Gasteiger charge is -2.59. The molecule has 0 N–H and O–H groups in total. The molecular weight excluding hydrogens is 260 g/mol. The molecule has 6 bridgehead atoms. The Labute approximate surface area is 127 Å². The van der Waals surface area contributed by atoms with Crippen LogP contribution in [0.4, 0.5) is 0 Å². The molecule has 0 aromatic heterocycles. The van der Waals surface area contributed by atoms with Crippen LogP contribution in [0.1, 0.15) is 51.9 Å². The summed E-state index contributed by atoms with van der Waals surface area (Å²) in [6, 6.07) is 0. The predicted molar refractivity (Wildman–Crippen MR) is 80.4 cm³/mol. The maximum atomic E-state index is 12.7. The zero-order chi connectivity index (χ0) is 14.2. The van der Waals surface area contributed by atoms with E-state index in [1.165, 1.54) is 38.5 Å². The van der Waals surface area contributed by atoms with E-state index in [1.807, 2.05) is 0 Å². The normalized spacial score (nSPS) is 56.1. The van der Waals surface area contributed by atoms with Crippen LogP contribution in [0.3, 0.4) is 0 Å². The molecule has 0 aromatic rings. The van der Waals surface area contributed by atoms with Crippen molar-refractivity contribution in [3.8, 4) is 0 Å². The molecule has 0 saturated heterocycles. The molecule has 6 rings (SSSR count). The Kier molecular flexibility index (Phi) is 2.51. The summed E-state index contributed by atoms with van der Waals surface area (Å²) in [7, 11) is 0. The molecule has 5 saturated carbocycles. The maximum absolute atomic E-state index is 12.7. The third-order valence-electron chi connectivity index (χ3n) is 7.39. The summed E-state index contributed by atoms with van der Waals surface area (Å²) in [5.74, 6) is 3.94. The molecule has 0 aliphatic heterocycles. The van der Waals surface area contributed by atoms with Gasteiger partial charge in [-0.3, -0.25) is 4.79 Å². The minimum Gasteiger partial charge on any atom is -0.461 e. The molecule has 6 atom stereocenters. The Morgan fingerprint density at radius 1 is 1.05 bits per heavy atom. The second kappa shape index (κ2) is 4.14. The summed E-state index contributed by atoms with van der Waals surface area (Å²) in [4.78, 5) is 12.7. The van der Waals surface area contributed by atoms with Gasteiger partial charge in [0.25, 0.3) is 0 Å². The van der Waals surface area contributed by atoms with Gasteiger partial charge in [0.15, 0.2) is 0 Å². The van der Waals surface area contributed by atoms with Gasteiger partial charge in [-0.1, -0.05) is 19.1 Å². The molecule has 0 aromatic carbocycles. The Hall–Kier alpha value is -0.790. The first-order valence-corrected chi connectivity index (χ1v) is 8.99. The first kappa shape index (κ1) is 12.7. The Bertz CT molecular complexity index is 494. The summed E-state index contributed by atoms with van der Waals surface area (Å²) in [6.45, 7) is 2.40. The average Bonchev–Trinajstić information content (AvgIpc) is 3.04. The van der Waals surface area contributed by atoms with Gasteiger partial charge in [0.1, 0.15) is 6.10 Å². The van der Waals surface area contributed by atoms with Crippen LogP contribution in [0.25, 0.3) is 0 Å². The number of hydrogen-bond acceptors (Lipinski definition) is 2. The third-order valence-corrected chi connectivity index (χ3v) is 7.39. The number of hydrogen-bond donors (Lipinski definition) is 0. The van der Waals surface area contributed by atoms with Crippen molar-refractivity contribution < 1.29 is 9.53 Å². The molecule has 6 aliphatic rings. The van der Waals surface area contributed by atoms with Crippen molar-refractivity contribution in [2.75, 3.05) is 0 Å². The lowest BCUT2D eigenvalue weighted by molar-refractivity contribution is -0.194. The van der Waals surface area contributed by atoms with Crippen molar-refractivity contribution in [2.24, 2.45) is 40.9 Å². The number of esters is 1. The number of rotatable bonds is 2. The molecule has 6 unspecified atom stereocenters. The van der Waals surface area contributed by atoms with Crippen molar-refractivity contribution >= 4 is 5.97 Å². The van der Waals surface area contributed by atoms with Crippen LogP contribution in [0.15, 0.2) is 12.2 Å². The Morgan fingerprint density at radius 2 is 1.81 bits per heavy atom. The summed E-state index contributed by atoms with van der Waals surface area (Å²) in [5.41, 5.74) is 0.290. The predicted octanol–water partition coefficient (Wildman–Crippen LogP) is 3.96. The SMILES string of the molecule is CC12CC3CC(CC(C3)C1OC(=O)C1CC3C=CC1C3)C2. The van der Waals surface area contributed by atoms with Crippen LogP contribution >= 0.6 is 0 Å². The number of carbonyl (C=O) groups is 1. The van der Waals surface area contributed by atoms with Gasteiger partial charge in [-0.2, -0.15) is 0 Å². The maximum Gasteiger partial charge on any atom is 0.309 e. The quantitative estimate of drug-likeness (QED) is 0.567. The van der Waals surface area contributed by atoms with Gasteiger partial charge in [-0.05, 0) is 74.5 Å². The van der Waals surface area contributed by atoms with Crippen LogP contribution < -0.4 is 0 Å². The highest BCUT2D eigenvalue weighted by Gasteiger charge is 2.57. The zero-order valence-corrected chi connectivity index (χ0v) is 13.0. The number of allylic oxidation sites excluding steroid dienone is 2. The Balaban J connectivity index is 1.34. The van der Waals surface area contributed by atoms with Crippen molar-refractivity contribution in [3.63, 3.8) is 0 Å². The minimum absolute atomic E-state index is 0.130. The largest absolute Gasteiger partial charge is 0.461 e. The third kappa shape index (κ3) is 1.80. The number of carbonyl (C=O) groups excluding carboxylic acids is 1. The van der Waals surface area contributed by atoms with Crippen LogP contribution in [0.5, 0.6) is 0 Å². The Morgan fingerprint density at radius 3 is 2.38 bits per heavy atom. The first-order chi connectivity index (χ1) is 10.1. The van der Waals surface area contributed by atoms with Gasteiger partial charge in [0, 0.05) is 5.41 Å². The number of ether oxygens (including phenoxy) is 1. The summed E-state index contributed by atoms with van der Waals surface area (Å²) in [6.07, 6.45) is 13.7. The van der Waals surface area contributed by atoms with E-state index in [1.54, 1.807) is 0 Å². The van der Waals surface area contributed by atoms with Crippen LogP contribution in [-0.4, -0.2) is 12.1 Å². The first-order valence-electron chi connectivity index (χ1n) is 8.99. The fourth-order valence-corrected chi connectivity index (χ4v) is 6.90. The highest BCUT2D eigenvalue weighted by Crippen LogP contribution is 2.61. The van der Waals surface area contributed by atoms with Crippen LogP contribution in [0.2, 0.25) is 0 Å². The van der Waals surface area contributed by atoms with Crippen molar-refractivity contribution in [1.29, 1.82) is 0 Å². The smallest absolute Gasteiger partial charge is 0.309 e. The molecule has 0 heterocycles. The van der Waals surface area contributed by atoms with Crippen LogP contribution in [0, 0.1) is 40.9 Å². The van der Waals surface area contributed by atoms with Gasteiger partial charge in [-0.25, -0.2) is 0 Å². The van der Waals surface area contributed by atoms with E-state index in [0.29, 0.717) is 17.8 Å². The molecule has 6 aliphatic carbocycles. The van der Waals surface area contributed by atoms with E-state index in [0.717, 1.165) is 18.3 Å². The average molecular weight is 286 g/mol. The van der Waals surface area contributed by atoms with E-state index >= 15 is 0 Å². The summed E-state index contributed by atoms with van der Waals surface area (Å²) >= 11 is 0. The topological polar surface area (TPSA) is 26.3 Å². The van der Waals surface area contributed by atoms with Crippen LogP contribution in [-0.2, 0) is 9.53 Å².